The third-order valence-corrected chi connectivity index (χ3v) is 3.06. The fraction of sp³-hybridized carbons (Fsp3) is 0.615. The van der Waals surface area contributed by atoms with Gasteiger partial charge in [-0.2, -0.15) is 0 Å². The number of rotatable bonds is 4. The molecule has 2 rings (SSSR count). The zero-order valence-corrected chi connectivity index (χ0v) is 10.4. The standard InChI is InChI=1S/C13H21N3O/c1-2-6-14-13-9-11(5-7-15-13)16-8-3-4-12(17)10-16/h5,7,9,12,17H,2-4,6,8,10H2,1H3,(H,14,15). The molecule has 0 spiro atoms. The fourth-order valence-corrected chi connectivity index (χ4v) is 2.16. The number of anilines is 2. The molecule has 0 saturated carbocycles. The lowest BCUT2D eigenvalue weighted by Crippen LogP contribution is -2.38. The largest absolute Gasteiger partial charge is 0.391 e. The minimum atomic E-state index is -0.191. The van der Waals surface area contributed by atoms with Gasteiger partial charge >= 0.3 is 0 Å². The van der Waals surface area contributed by atoms with Gasteiger partial charge in [-0.3, -0.25) is 0 Å². The molecule has 94 valence electrons. The number of nitrogens with zero attached hydrogens (tertiary/aromatic N) is 2. The number of hydrogen-bond acceptors (Lipinski definition) is 4. The third-order valence-electron chi connectivity index (χ3n) is 3.06. The molecular formula is C13H21N3O. The zero-order valence-electron chi connectivity index (χ0n) is 10.4. The Balaban J connectivity index is 2.04. The SMILES string of the molecule is CCCNc1cc(N2CCCC(O)C2)ccn1. The highest BCUT2D eigenvalue weighted by Gasteiger charge is 2.18. The molecule has 0 radical (unpaired) electrons. The lowest BCUT2D eigenvalue weighted by molar-refractivity contribution is 0.154. The molecule has 4 heteroatoms. The molecule has 1 aliphatic rings. The number of aliphatic hydroxyl groups is 1. The van der Waals surface area contributed by atoms with Crippen LogP contribution in [-0.2, 0) is 0 Å². The average molecular weight is 235 g/mol. The maximum Gasteiger partial charge on any atom is 0.127 e. The summed E-state index contributed by atoms with van der Waals surface area (Å²) in [6.07, 6.45) is 4.70. The topological polar surface area (TPSA) is 48.4 Å². The molecule has 1 unspecified atom stereocenters. The smallest absolute Gasteiger partial charge is 0.127 e. The van der Waals surface area contributed by atoms with Gasteiger partial charge in [0.2, 0.25) is 0 Å². The van der Waals surface area contributed by atoms with Crippen LogP contribution in [0.15, 0.2) is 18.3 Å². The van der Waals surface area contributed by atoms with Gasteiger partial charge in [0.15, 0.2) is 0 Å². The van der Waals surface area contributed by atoms with Gasteiger partial charge in [-0.15, -0.1) is 0 Å². The molecule has 1 aromatic heterocycles. The fourth-order valence-electron chi connectivity index (χ4n) is 2.16. The van der Waals surface area contributed by atoms with E-state index in [9.17, 15) is 5.11 Å². The van der Waals surface area contributed by atoms with Gasteiger partial charge < -0.3 is 15.3 Å². The van der Waals surface area contributed by atoms with Gasteiger partial charge in [-0.25, -0.2) is 4.98 Å². The molecule has 2 heterocycles. The number of β-amino-alcohol motifs (C(OH)–C–C–N with tert-alkyl or cyclic N) is 1. The van der Waals surface area contributed by atoms with E-state index in [1.807, 2.05) is 12.3 Å². The minimum Gasteiger partial charge on any atom is -0.391 e. The molecule has 2 N–H and O–H groups in total. The van der Waals surface area contributed by atoms with Crippen molar-refractivity contribution in [3.63, 3.8) is 0 Å². The first-order valence-corrected chi connectivity index (χ1v) is 6.42. The van der Waals surface area contributed by atoms with Crippen molar-refractivity contribution in [2.45, 2.75) is 32.3 Å². The third kappa shape index (κ3) is 3.33. The van der Waals surface area contributed by atoms with Crippen LogP contribution in [0.25, 0.3) is 0 Å². The van der Waals surface area contributed by atoms with Gasteiger partial charge in [0.1, 0.15) is 5.82 Å². The van der Waals surface area contributed by atoms with Crippen molar-refractivity contribution in [1.82, 2.24) is 4.98 Å². The predicted molar refractivity (Wildman–Crippen MR) is 70.5 cm³/mol. The van der Waals surface area contributed by atoms with Crippen LogP contribution in [0.1, 0.15) is 26.2 Å². The summed E-state index contributed by atoms with van der Waals surface area (Å²) in [4.78, 5) is 6.52. The molecule has 1 fully saturated rings. The molecule has 0 amide bonds. The molecule has 4 nitrogen and oxygen atoms in total. The summed E-state index contributed by atoms with van der Waals surface area (Å²) in [7, 11) is 0. The van der Waals surface area contributed by atoms with Crippen molar-refractivity contribution in [1.29, 1.82) is 0 Å². The zero-order chi connectivity index (χ0) is 12.1. The molecule has 1 saturated heterocycles. The van der Waals surface area contributed by atoms with Gasteiger partial charge in [-0.05, 0) is 25.3 Å². The summed E-state index contributed by atoms with van der Waals surface area (Å²) in [5, 5.41) is 13.0. The number of piperidine rings is 1. The molecule has 0 bridgehead atoms. The van der Waals surface area contributed by atoms with Crippen LogP contribution in [-0.4, -0.2) is 35.8 Å². The maximum absolute atomic E-state index is 9.68. The lowest BCUT2D eigenvalue weighted by Gasteiger charge is -2.32. The first-order valence-electron chi connectivity index (χ1n) is 6.42. The number of aromatic nitrogens is 1. The second-order valence-corrected chi connectivity index (χ2v) is 4.57. The summed E-state index contributed by atoms with van der Waals surface area (Å²) in [5.74, 6) is 0.921. The van der Waals surface area contributed by atoms with Crippen molar-refractivity contribution < 1.29 is 5.11 Å². The van der Waals surface area contributed by atoms with Gasteiger partial charge in [0.05, 0.1) is 6.10 Å². The number of pyridine rings is 1. The van der Waals surface area contributed by atoms with E-state index in [1.165, 1.54) is 0 Å². The molecule has 17 heavy (non-hydrogen) atoms. The quantitative estimate of drug-likeness (QED) is 0.836. The van der Waals surface area contributed by atoms with E-state index < -0.39 is 0 Å². The molecular weight excluding hydrogens is 214 g/mol. The Morgan fingerprint density at radius 1 is 1.59 bits per heavy atom. The summed E-state index contributed by atoms with van der Waals surface area (Å²) in [6.45, 7) is 4.84. The van der Waals surface area contributed by atoms with Crippen molar-refractivity contribution in [2.75, 3.05) is 29.9 Å². The predicted octanol–water partition coefficient (Wildman–Crippen LogP) is 1.86. The normalized spacial score (nSPS) is 20.4. The molecule has 1 atom stereocenters. The van der Waals surface area contributed by atoms with Gasteiger partial charge in [0, 0.05) is 37.6 Å². The summed E-state index contributed by atoms with van der Waals surface area (Å²) in [6, 6.07) is 4.07. The molecule has 0 aromatic carbocycles. The van der Waals surface area contributed by atoms with Gasteiger partial charge in [-0.1, -0.05) is 6.92 Å². The van der Waals surface area contributed by atoms with Gasteiger partial charge in [0.25, 0.3) is 0 Å². The number of hydrogen-bond donors (Lipinski definition) is 2. The van der Waals surface area contributed by atoms with E-state index in [0.717, 1.165) is 50.4 Å². The van der Waals surface area contributed by atoms with Crippen molar-refractivity contribution in [3.05, 3.63) is 18.3 Å². The summed E-state index contributed by atoms with van der Waals surface area (Å²) in [5.41, 5.74) is 1.15. The Hall–Kier alpha value is -1.29. The minimum absolute atomic E-state index is 0.191. The Labute approximate surface area is 103 Å². The lowest BCUT2D eigenvalue weighted by atomic mass is 10.1. The Kier molecular flexibility index (Phi) is 4.20. The second-order valence-electron chi connectivity index (χ2n) is 4.57. The Morgan fingerprint density at radius 3 is 3.24 bits per heavy atom. The van der Waals surface area contributed by atoms with E-state index in [1.54, 1.807) is 0 Å². The highest BCUT2D eigenvalue weighted by molar-refractivity contribution is 5.54. The van der Waals surface area contributed by atoms with E-state index in [4.69, 9.17) is 0 Å². The van der Waals surface area contributed by atoms with Crippen LogP contribution in [0.4, 0.5) is 11.5 Å². The first-order chi connectivity index (χ1) is 8.29. The van der Waals surface area contributed by atoms with E-state index in [-0.39, 0.29) is 6.10 Å². The van der Waals surface area contributed by atoms with Crippen LogP contribution in [0.5, 0.6) is 0 Å². The molecule has 0 aliphatic carbocycles. The monoisotopic (exact) mass is 235 g/mol. The van der Waals surface area contributed by atoms with Crippen LogP contribution >= 0.6 is 0 Å². The van der Waals surface area contributed by atoms with Crippen molar-refractivity contribution >= 4 is 11.5 Å². The highest BCUT2D eigenvalue weighted by Crippen LogP contribution is 2.21. The number of aliphatic hydroxyl groups excluding tert-OH is 1. The van der Waals surface area contributed by atoms with Crippen LogP contribution in [0.3, 0.4) is 0 Å². The van der Waals surface area contributed by atoms with E-state index in [2.05, 4.69) is 28.2 Å². The van der Waals surface area contributed by atoms with Crippen LogP contribution < -0.4 is 10.2 Å². The first kappa shape index (κ1) is 12.2. The van der Waals surface area contributed by atoms with E-state index >= 15 is 0 Å². The van der Waals surface area contributed by atoms with Crippen molar-refractivity contribution in [3.8, 4) is 0 Å². The van der Waals surface area contributed by atoms with Crippen molar-refractivity contribution in [2.24, 2.45) is 0 Å². The average Bonchev–Trinajstić information content (AvgIpc) is 2.37. The second kappa shape index (κ2) is 5.87. The van der Waals surface area contributed by atoms with E-state index in [0.29, 0.717) is 0 Å². The van der Waals surface area contributed by atoms with Crippen LogP contribution in [0, 0.1) is 0 Å². The molecule has 1 aliphatic heterocycles. The maximum atomic E-state index is 9.68. The summed E-state index contributed by atoms with van der Waals surface area (Å²) < 4.78 is 0. The Morgan fingerprint density at radius 2 is 2.47 bits per heavy atom. The Bertz CT molecular complexity index is 356. The number of nitrogens with one attached hydrogen (secondary N) is 1. The van der Waals surface area contributed by atoms with Crippen LogP contribution in [0.2, 0.25) is 0 Å². The highest BCUT2D eigenvalue weighted by atomic mass is 16.3. The summed E-state index contributed by atoms with van der Waals surface area (Å²) >= 11 is 0. The molecule has 1 aromatic rings.